The first-order valence-corrected chi connectivity index (χ1v) is 7.78. The molecule has 0 fully saturated rings. The zero-order valence-electron chi connectivity index (χ0n) is 11.9. The number of rotatable bonds is 4. The number of nitriles is 1. The van der Waals surface area contributed by atoms with Crippen LogP contribution in [0.1, 0.15) is 35.5 Å². The van der Waals surface area contributed by atoms with Crippen LogP contribution < -0.4 is 4.72 Å². The number of sulfonamides is 1. The highest BCUT2D eigenvalue weighted by molar-refractivity contribution is 7.89. The van der Waals surface area contributed by atoms with E-state index in [-0.39, 0.29) is 4.90 Å². The lowest BCUT2D eigenvalue weighted by Crippen LogP contribution is -2.27. The minimum absolute atomic E-state index is 0.0557. The summed E-state index contributed by atoms with van der Waals surface area (Å²) in [6.07, 6.45) is 0. The molecule has 7 heteroatoms. The molecule has 1 heterocycles. The number of benzene rings is 1. The van der Waals surface area contributed by atoms with Gasteiger partial charge in [-0.25, -0.2) is 13.1 Å². The lowest BCUT2D eigenvalue weighted by Gasteiger charge is -2.14. The Morgan fingerprint density at radius 2 is 2.10 bits per heavy atom. The Bertz CT molecular complexity index is 784. The molecule has 0 aliphatic heterocycles. The molecule has 21 heavy (non-hydrogen) atoms. The van der Waals surface area contributed by atoms with Crippen LogP contribution in [0, 0.1) is 25.2 Å². The predicted octanol–water partition coefficient (Wildman–Crippen LogP) is 2.20. The molecule has 0 bridgehead atoms. The summed E-state index contributed by atoms with van der Waals surface area (Å²) in [4.78, 5) is 0.0557. The van der Waals surface area contributed by atoms with Gasteiger partial charge < -0.3 is 4.52 Å². The van der Waals surface area contributed by atoms with Crippen molar-refractivity contribution < 1.29 is 12.9 Å². The molecule has 0 aliphatic carbocycles. The number of nitrogens with zero attached hydrogens (tertiary/aromatic N) is 2. The van der Waals surface area contributed by atoms with Gasteiger partial charge >= 0.3 is 0 Å². The van der Waals surface area contributed by atoms with E-state index in [0.29, 0.717) is 17.0 Å². The van der Waals surface area contributed by atoms with Crippen molar-refractivity contribution in [2.75, 3.05) is 0 Å². The van der Waals surface area contributed by atoms with E-state index in [0.717, 1.165) is 5.56 Å². The lowest BCUT2D eigenvalue weighted by atomic mass is 10.1. The van der Waals surface area contributed by atoms with Crippen molar-refractivity contribution in [2.45, 2.75) is 31.7 Å². The molecule has 6 nitrogen and oxygen atoms in total. The van der Waals surface area contributed by atoms with Crippen molar-refractivity contribution in [1.29, 1.82) is 5.26 Å². The van der Waals surface area contributed by atoms with Crippen molar-refractivity contribution in [3.8, 4) is 6.07 Å². The maximum atomic E-state index is 12.4. The number of aromatic nitrogens is 1. The Hall–Kier alpha value is -2.17. The van der Waals surface area contributed by atoms with Gasteiger partial charge in [-0.15, -0.1) is 0 Å². The van der Waals surface area contributed by atoms with Crippen LogP contribution in [0.15, 0.2) is 33.7 Å². The minimum Gasteiger partial charge on any atom is -0.361 e. The normalized spacial score (nSPS) is 12.9. The third-order valence-corrected chi connectivity index (χ3v) is 4.67. The maximum Gasteiger partial charge on any atom is 0.241 e. The molecule has 1 aromatic carbocycles. The first-order chi connectivity index (χ1) is 9.85. The molecule has 0 saturated carbocycles. The Morgan fingerprint density at radius 3 is 2.67 bits per heavy atom. The summed E-state index contributed by atoms with van der Waals surface area (Å²) < 4.78 is 32.3. The number of nitrogens with one attached hydrogen (secondary N) is 1. The zero-order chi connectivity index (χ0) is 15.6. The topological polar surface area (TPSA) is 96.0 Å². The quantitative estimate of drug-likeness (QED) is 0.934. The van der Waals surface area contributed by atoms with Gasteiger partial charge in [-0.2, -0.15) is 5.26 Å². The van der Waals surface area contributed by atoms with Crippen molar-refractivity contribution in [3.63, 3.8) is 0 Å². The Labute approximate surface area is 123 Å². The average Bonchev–Trinajstić information content (AvgIpc) is 2.77. The fraction of sp³-hybridized carbons (Fsp3) is 0.286. The van der Waals surface area contributed by atoms with Gasteiger partial charge in [0, 0.05) is 11.6 Å². The molecule has 1 atom stereocenters. The molecule has 0 saturated heterocycles. The van der Waals surface area contributed by atoms with E-state index in [1.54, 1.807) is 26.8 Å². The van der Waals surface area contributed by atoms with E-state index < -0.39 is 16.1 Å². The molecule has 0 aliphatic rings. The molecular weight excluding hydrogens is 290 g/mol. The molecular formula is C14H15N3O3S. The van der Waals surface area contributed by atoms with Crippen LogP contribution in [-0.2, 0) is 10.0 Å². The van der Waals surface area contributed by atoms with Crippen LogP contribution in [0.25, 0.3) is 0 Å². The first kappa shape index (κ1) is 15.2. The summed E-state index contributed by atoms with van der Waals surface area (Å²) in [6.45, 7) is 5.21. The van der Waals surface area contributed by atoms with Gasteiger partial charge in [0.05, 0.1) is 22.2 Å². The van der Waals surface area contributed by atoms with E-state index in [2.05, 4.69) is 9.88 Å². The first-order valence-electron chi connectivity index (χ1n) is 6.30. The third-order valence-electron chi connectivity index (χ3n) is 3.13. The van der Waals surface area contributed by atoms with Crippen molar-refractivity contribution in [1.82, 2.24) is 9.88 Å². The van der Waals surface area contributed by atoms with Crippen LogP contribution in [0.2, 0.25) is 0 Å². The van der Waals surface area contributed by atoms with Crippen LogP contribution in [-0.4, -0.2) is 13.6 Å². The second kappa shape index (κ2) is 5.68. The maximum absolute atomic E-state index is 12.4. The lowest BCUT2D eigenvalue weighted by molar-refractivity contribution is 0.391. The highest BCUT2D eigenvalue weighted by Crippen LogP contribution is 2.23. The van der Waals surface area contributed by atoms with Crippen molar-refractivity contribution in [3.05, 3.63) is 46.8 Å². The van der Waals surface area contributed by atoms with Gasteiger partial charge in [0.2, 0.25) is 10.0 Å². The van der Waals surface area contributed by atoms with E-state index in [9.17, 15) is 8.42 Å². The SMILES string of the molecule is Cc1noc(C)c1C(C)NS(=O)(=O)c1cccc(C#N)c1. The second-order valence-electron chi connectivity index (χ2n) is 4.72. The fourth-order valence-corrected chi connectivity index (χ4v) is 3.46. The molecule has 2 aromatic rings. The summed E-state index contributed by atoms with van der Waals surface area (Å²) >= 11 is 0. The molecule has 1 N–H and O–H groups in total. The van der Waals surface area contributed by atoms with Gasteiger partial charge in [-0.3, -0.25) is 0 Å². The summed E-state index contributed by atoms with van der Waals surface area (Å²) in [5.41, 5.74) is 1.66. The van der Waals surface area contributed by atoms with Gasteiger partial charge in [0.1, 0.15) is 5.76 Å². The fourth-order valence-electron chi connectivity index (χ4n) is 2.20. The van der Waals surface area contributed by atoms with Crippen molar-refractivity contribution >= 4 is 10.0 Å². The van der Waals surface area contributed by atoms with E-state index in [1.807, 2.05) is 6.07 Å². The van der Waals surface area contributed by atoms with Gasteiger partial charge in [-0.1, -0.05) is 11.2 Å². The largest absolute Gasteiger partial charge is 0.361 e. The number of hydrogen-bond donors (Lipinski definition) is 1. The second-order valence-corrected chi connectivity index (χ2v) is 6.43. The van der Waals surface area contributed by atoms with Gasteiger partial charge in [-0.05, 0) is 39.0 Å². The average molecular weight is 305 g/mol. The molecule has 110 valence electrons. The van der Waals surface area contributed by atoms with Gasteiger partial charge in [0.25, 0.3) is 0 Å². The zero-order valence-corrected chi connectivity index (χ0v) is 12.7. The van der Waals surface area contributed by atoms with E-state index in [1.165, 1.54) is 18.2 Å². The molecule has 0 amide bonds. The highest BCUT2D eigenvalue weighted by atomic mass is 32.2. The van der Waals surface area contributed by atoms with E-state index in [4.69, 9.17) is 9.78 Å². The van der Waals surface area contributed by atoms with Gasteiger partial charge in [0.15, 0.2) is 0 Å². The Morgan fingerprint density at radius 1 is 1.38 bits per heavy atom. The number of aryl methyl sites for hydroxylation is 2. The van der Waals surface area contributed by atoms with Crippen LogP contribution in [0.5, 0.6) is 0 Å². The van der Waals surface area contributed by atoms with Crippen molar-refractivity contribution in [2.24, 2.45) is 0 Å². The third kappa shape index (κ3) is 3.12. The Kier molecular flexibility index (Phi) is 4.11. The molecule has 1 aromatic heterocycles. The van der Waals surface area contributed by atoms with Crippen LogP contribution >= 0.6 is 0 Å². The van der Waals surface area contributed by atoms with Crippen LogP contribution in [0.4, 0.5) is 0 Å². The standard InChI is InChI=1S/C14H15N3O3S/c1-9-14(11(3)20-16-9)10(2)17-21(18,19)13-6-4-5-12(7-13)8-15/h4-7,10,17H,1-3H3. The highest BCUT2D eigenvalue weighted by Gasteiger charge is 2.23. The number of hydrogen-bond acceptors (Lipinski definition) is 5. The Balaban J connectivity index is 2.31. The summed E-state index contributed by atoms with van der Waals surface area (Å²) in [5, 5.41) is 12.7. The summed E-state index contributed by atoms with van der Waals surface area (Å²) in [6, 6.07) is 7.31. The predicted molar refractivity (Wildman–Crippen MR) is 75.9 cm³/mol. The molecule has 1 unspecified atom stereocenters. The smallest absolute Gasteiger partial charge is 0.241 e. The van der Waals surface area contributed by atoms with Crippen LogP contribution in [0.3, 0.4) is 0 Å². The summed E-state index contributed by atoms with van der Waals surface area (Å²) in [5.74, 6) is 0.577. The minimum atomic E-state index is -3.72. The summed E-state index contributed by atoms with van der Waals surface area (Å²) in [7, 11) is -3.72. The molecule has 0 radical (unpaired) electrons. The monoisotopic (exact) mass is 305 g/mol. The molecule has 0 spiro atoms. The molecule has 2 rings (SSSR count). The van der Waals surface area contributed by atoms with E-state index >= 15 is 0 Å².